The molecule has 0 aromatic heterocycles. The summed E-state index contributed by atoms with van der Waals surface area (Å²) in [5.41, 5.74) is 2.84. The van der Waals surface area contributed by atoms with Crippen molar-refractivity contribution in [3.05, 3.63) is 71.3 Å². The van der Waals surface area contributed by atoms with Gasteiger partial charge in [-0.2, -0.15) is 0 Å². The van der Waals surface area contributed by atoms with E-state index in [9.17, 15) is 5.11 Å². The molecule has 0 amide bonds. The van der Waals surface area contributed by atoms with Crippen LogP contribution in [0.2, 0.25) is 0 Å². The number of phenols is 1. The molecule has 2 aromatic rings. The number of benzene rings is 2. The lowest BCUT2D eigenvalue weighted by Gasteiger charge is -2.15. The number of phenolic OH excluding ortho intramolecular Hbond substituents is 1. The first-order valence-electron chi connectivity index (χ1n) is 8.35. The second-order valence-electron chi connectivity index (χ2n) is 5.94. The third kappa shape index (κ3) is 5.93. The Morgan fingerprint density at radius 2 is 1.92 bits per heavy atom. The third-order valence-electron chi connectivity index (χ3n) is 3.90. The van der Waals surface area contributed by atoms with Crippen molar-refractivity contribution in [3.63, 3.8) is 0 Å². The van der Waals surface area contributed by atoms with Crippen LogP contribution < -0.4 is 4.74 Å². The molecule has 1 N–H and O–H groups in total. The smallest absolute Gasteiger partial charge is 0.188 e. The molecule has 1 atom stereocenters. The van der Waals surface area contributed by atoms with Gasteiger partial charge in [0.05, 0.1) is 13.2 Å². The Bertz CT molecular complexity index is 680. The number of aromatic hydroxyl groups is 1. The van der Waals surface area contributed by atoms with Gasteiger partial charge in [-0.05, 0) is 30.2 Å². The van der Waals surface area contributed by atoms with Gasteiger partial charge in [0, 0.05) is 18.6 Å². The van der Waals surface area contributed by atoms with Crippen LogP contribution in [0, 0.1) is 6.92 Å². The monoisotopic (exact) mass is 342 g/mol. The zero-order valence-corrected chi connectivity index (χ0v) is 15.1. The van der Waals surface area contributed by atoms with Crippen LogP contribution in [0.15, 0.2) is 54.6 Å². The summed E-state index contributed by atoms with van der Waals surface area (Å²) in [7, 11) is 1.58. The first kappa shape index (κ1) is 19.0. The molecule has 0 unspecified atom stereocenters. The van der Waals surface area contributed by atoms with Crippen LogP contribution in [0.5, 0.6) is 11.5 Å². The van der Waals surface area contributed by atoms with Gasteiger partial charge in [0.15, 0.2) is 6.79 Å². The minimum absolute atomic E-state index is 0.0471. The molecule has 134 valence electrons. The average molecular weight is 342 g/mol. The SMILES string of the molecule is COCOc1cc([C@H](C)/C=C/COCc2ccccc2)c(O)cc1C. The predicted molar refractivity (Wildman–Crippen MR) is 99.0 cm³/mol. The Morgan fingerprint density at radius 3 is 2.64 bits per heavy atom. The van der Waals surface area contributed by atoms with Gasteiger partial charge in [-0.15, -0.1) is 0 Å². The van der Waals surface area contributed by atoms with E-state index in [-0.39, 0.29) is 18.5 Å². The van der Waals surface area contributed by atoms with Crippen molar-refractivity contribution >= 4 is 0 Å². The maximum atomic E-state index is 10.2. The molecule has 0 bridgehead atoms. The predicted octanol–water partition coefficient (Wildman–Crippen LogP) is 4.56. The van der Waals surface area contributed by atoms with Gasteiger partial charge >= 0.3 is 0 Å². The largest absolute Gasteiger partial charge is 0.508 e. The summed E-state index contributed by atoms with van der Waals surface area (Å²) in [6.07, 6.45) is 4.00. The fourth-order valence-electron chi connectivity index (χ4n) is 2.51. The number of hydrogen-bond donors (Lipinski definition) is 1. The van der Waals surface area contributed by atoms with Gasteiger partial charge in [0.25, 0.3) is 0 Å². The Labute approximate surface area is 149 Å². The number of aryl methyl sites for hydroxylation is 1. The lowest BCUT2D eigenvalue weighted by atomic mass is 9.97. The summed E-state index contributed by atoms with van der Waals surface area (Å²) in [6.45, 7) is 5.22. The van der Waals surface area contributed by atoms with E-state index in [2.05, 4.69) is 0 Å². The van der Waals surface area contributed by atoms with Gasteiger partial charge in [-0.3, -0.25) is 0 Å². The highest BCUT2D eigenvalue weighted by Gasteiger charge is 2.12. The maximum absolute atomic E-state index is 10.2. The Hall–Kier alpha value is -2.30. The van der Waals surface area contributed by atoms with Crippen molar-refractivity contribution in [2.45, 2.75) is 26.4 Å². The zero-order chi connectivity index (χ0) is 18.1. The van der Waals surface area contributed by atoms with Crippen molar-refractivity contribution in [2.24, 2.45) is 0 Å². The molecule has 4 heteroatoms. The van der Waals surface area contributed by atoms with E-state index >= 15 is 0 Å². The molecule has 25 heavy (non-hydrogen) atoms. The Morgan fingerprint density at radius 1 is 1.16 bits per heavy atom. The average Bonchev–Trinajstić information content (AvgIpc) is 2.61. The van der Waals surface area contributed by atoms with Gasteiger partial charge in [-0.25, -0.2) is 0 Å². The zero-order valence-electron chi connectivity index (χ0n) is 15.1. The molecule has 0 saturated heterocycles. The molecule has 0 spiro atoms. The Balaban J connectivity index is 1.91. The Kier molecular flexibility index (Phi) is 7.51. The number of methoxy groups -OCH3 is 1. The fraction of sp³-hybridized carbons (Fsp3) is 0.333. The van der Waals surface area contributed by atoms with Crippen molar-refractivity contribution in [3.8, 4) is 11.5 Å². The first-order valence-corrected chi connectivity index (χ1v) is 8.35. The number of ether oxygens (including phenoxy) is 3. The summed E-state index contributed by atoms with van der Waals surface area (Å²) >= 11 is 0. The van der Waals surface area contributed by atoms with E-state index in [1.54, 1.807) is 13.2 Å². The van der Waals surface area contributed by atoms with Crippen LogP contribution in [0.3, 0.4) is 0 Å². The van der Waals surface area contributed by atoms with Crippen LogP contribution in [0.1, 0.15) is 29.5 Å². The van der Waals surface area contributed by atoms with Crippen LogP contribution in [0.4, 0.5) is 0 Å². The van der Waals surface area contributed by atoms with Crippen molar-refractivity contribution in [1.29, 1.82) is 0 Å². The molecule has 0 aliphatic rings. The highest BCUT2D eigenvalue weighted by atomic mass is 16.7. The summed E-state index contributed by atoms with van der Waals surface area (Å²) in [5.74, 6) is 1.03. The molecule has 2 aromatic carbocycles. The van der Waals surface area contributed by atoms with E-state index in [1.165, 1.54) is 0 Å². The summed E-state index contributed by atoms with van der Waals surface area (Å²) < 4.78 is 16.1. The number of rotatable bonds is 9. The summed E-state index contributed by atoms with van der Waals surface area (Å²) in [4.78, 5) is 0. The minimum Gasteiger partial charge on any atom is -0.508 e. The van der Waals surface area contributed by atoms with Crippen LogP contribution >= 0.6 is 0 Å². The second kappa shape index (κ2) is 9.87. The lowest BCUT2D eigenvalue weighted by molar-refractivity contribution is 0.0505. The molecule has 0 aliphatic heterocycles. The molecule has 0 saturated carbocycles. The minimum atomic E-state index is 0.0471. The first-order chi connectivity index (χ1) is 12.1. The van der Waals surface area contributed by atoms with Gasteiger partial charge in [0.2, 0.25) is 0 Å². The summed E-state index contributed by atoms with van der Waals surface area (Å²) in [6, 6.07) is 13.7. The van der Waals surface area contributed by atoms with E-state index < -0.39 is 0 Å². The topological polar surface area (TPSA) is 47.9 Å². The molecule has 4 nitrogen and oxygen atoms in total. The normalized spacial score (nSPS) is 12.4. The highest BCUT2D eigenvalue weighted by molar-refractivity contribution is 5.47. The van der Waals surface area contributed by atoms with Gasteiger partial charge in [-0.1, -0.05) is 49.4 Å². The molecule has 0 radical (unpaired) electrons. The molecular formula is C21H26O4. The van der Waals surface area contributed by atoms with Crippen molar-refractivity contribution in [1.82, 2.24) is 0 Å². The lowest BCUT2D eigenvalue weighted by Crippen LogP contribution is -2.02. The van der Waals surface area contributed by atoms with E-state index in [0.29, 0.717) is 13.2 Å². The molecule has 0 aliphatic carbocycles. The fourth-order valence-corrected chi connectivity index (χ4v) is 2.51. The van der Waals surface area contributed by atoms with E-state index in [4.69, 9.17) is 14.2 Å². The standard InChI is InChI=1S/C21H26O4/c1-16(8-7-11-24-14-18-9-5-4-6-10-18)19-13-21(25-15-23-3)17(2)12-20(19)22/h4-10,12-13,16,22H,11,14-15H2,1-3H3/b8-7+/t16-/m1/s1. The van der Waals surface area contributed by atoms with Gasteiger partial charge in [0.1, 0.15) is 11.5 Å². The number of allylic oxidation sites excluding steroid dienone is 1. The van der Waals surface area contributed by atoms with Crippen molar-refractivity contribution < 1.29 is 19.3 Å². The maximum Gasteiger partial charge on any atom is 0.188 e. The number of hydrogen-bond acceptors (Lipinski definition) is 4. The molecular weight excluding hydrogens is 316 g/mol. The molecule has 0 heterocycles. The summed E-state index contributed by atoms with van der Waals surface area (Å²) in [5, 5.41) is 10.2. The quantitative estimate of drug-likeness (QED) is 0.412. The third-order valence-corrected chi connectivity index (χ3v) is 3.90. The highest BCUT2D eigenvalue weighted by Crippen LogP contribution is 2.33. The van der Waals surface area contributed by atoms with Crippen LogP contribution in [-0.4, -0.2) is 25.6 Å². The molecule has 0 fully saturated rings. The van der Waals surface area contributed by atoms with Gasteiger partial charge < -0.3 is 19.3 Å². The van der Waals surface area contributed by atoms with Crippen LogP contribution in [-0.2, 0) is 16.1 Å². The van der Waals surface area contributed by atoms with E-state index in [1.807, 2.05) is 62.4 Å². The van der Waals surface area contributed by atoms with Crippen molar-refractivity contribution in [2.75, 3.05) is 20.5 Å². The van der Waals surface area contributed by atoms with E-state index in [0.717, 1.165) is 22.4 Å². The van der Waals surface area contributed by atoms with Crippen LogP contribution in [0.25, 0.3) is 0 Å². The second-order valence-corrected chi connectivity index (χ2v) is 5.94. The molecule has 2 rings (SSSR count).